The third-order valence-electron chi connectivity index (χ3n) is 12.5. The van der Waals surface area contributed by atoms with Crippen LogP contribution in [0.1, 0.15) is 119 Å². The van der Waals surface area contributed by atoms with Crippen molar-refractivity contribution in [1.82, 2.24) is 0 Å². The quantitative estimate of drug-likeness (QED) is 0.481. The van der Waals surface area contributed by atoms with Crippen LogP contribution in [0, 0.1) is 51.8 Å². The molecule has 4 aliphatic carbocycles. The summed E-state index contributed by atoms with van der Waals surface area (Å²) in [6.45, 7) is 16.7. The van der Waals surface area contributed by atoms with E-state index in [2.05, 4.69) is 34.6 Å². The number of aliphatic hydroxyl groups excluding tert-OH is 1. The Morgan fingerprint density at radius 3 is 2.19 bits per heavy atom. The summed E-state index contributed by atoms with van der Waals surface area (Å²) in [5.41, 5.74) is 0.871. The van der Waals surface area contributed by atoms with Gasteiger partial charge in [-0.1, -0.05) is 41.0 Å². The van der Waals surface area contributed by atoms with Gasteiger partial charge < -0.3 is 10.2 Å². The molecule has 4 aliphatic rings. The van der Waals surface area contributed by atoms with Crippen molar-refractivity contribution >= 4 is 0 Å². The van der Waals surface area contributed by atoms with Crippen molar-refractivity contribution in [1.29, 1.82) is 0 Å². The van der Waals surface area contributed by atoms with E-state index in [1.165, 1.54) is 51.4 Å². The normalized spacial score (nSPS) is 49.6. The second-order valence-electron chi connectivity index (χ2n) is 14.0. The Balaban J connectivity index is 1.50. The van der Waals surface area contributed by atoms with Gasteiger partial charge in [0.1, 0.15) is 0 Å². The Morgan fingerprint density at radius 1 is 0.839 bits per heavy atom. The minimum atomic E-state index is -0.562. The van der Waals surface area contributed by atoms with E-state index in [0.717, 1.165) is 48.9 Å². The summed E-state index contributed by atoms with van der Waals surface area (Å²) in [5, 5.41) is 20.7. The van der Waals surface area contributed by atoms with Crippen molar-refractivity contribution in [3.8, 4) is 0 Å². The zero-order valence-electron chi connectivity index (χ0n) is 21.7. The van der Waals surface area contributed by atoms with E-state index >= 15 is 0 Å². The molecular formula is C29H52O2. The van der Waals surface area contributed by atoms with E-state index in [1.54, 1.807) is 0 Å². The number of hydrogen-bond donors (Lipinski definition) is 2. The first kappa shape index (κ1) is 24.1. The molecule has 0 unspecified atom stereocenters. The van der Waals surface area contributed by atoms with E-state index < -0.39 is 5.60 Å². The molecule has 10 atom stereocenters. The molecule has 2 N–H and O–H groups in total. The monoisotopic (exact) mass is 432 g/mol. The van der Waals surface area contributed by atoms with Crippen LogP contribution in [0.25, 0.3) is 0 Å². The van der Waals surface area contributed by atoms with Crippen LogP contribution in [0.5, 0.6) is 0 Å². The Kier molecular flexibility index (Phi) is 6.21. The molecule has 0 radical (unpaired) electrons. The number of aliphatic hydroxyl groups is 2. The minimum Gasteiger partial charge on any atom is -0.393 e. The largest absolute Gasteiger partial charge is 0.393 e. The highest BCUT2D eigenvalue weighted by Crippen LogP contribution is 2.73. The second-order valence-corrected chi connectivity index (χ2v) is 14.0. The number of hydrogen-bond acceptors (Lipinski definition) is 2. The van der Waals surface area contributed by atoms with E-state index in [4.69, 9.17) is 0 Å². The van der Waals surface area contributed by atoms with Gasteiger partial charge in [-0.2, -0.15) is 0 Å². The fourth-order valence-electron chi connectivity index (χ4n) is 9.67. The Bertz CT molecular complexity index is 652. The molecule has 180 valence electrons. The van der Waals surface area contributed by atoms with Gasteiger partial charge in [-0.3, -0.25) is 0 Å². The van der Waals surface area contributed by atoms with Crippen LogP contribution in [0.3, 0.4) is 0 Å². The molecule has 0 amide bonds. The molecule has 0 aromatic rings. The lowest BCUT2D eigenvalue weighted by molar-refractivity contribution is -0.165. The Hall–Kier alpha value is -0.0800. The highest BCUT2D eigenvalue weighted by Gasteiger charge is 2.65. The minimum absolute atomic E-state index is 0.0398. The number of fused-ring (bicyclic) bond motifs is 5. The molecule has 4 fully saturated rings. The first-order chi connectivity index (χ1) is 14.3. The van der Waals surface area contributed by atoms with Crippen molar-refractivity contribution in [2.24, 2.45) is 51.8 Å². The highest BCUT2D eigenvalue weighted by atomic mass is 16.3. The van der Waals surface area contributed by atoms with Gasteiger partial charge in [-0.05, 0) is 130 Å². The average molecular weight is 433 g/mol. The van der Waals surface area contributed by atoms with Gasteiger partial charge in [0.2, 0.25) is 0 Å². The van der Waals surface area contributed by atoms with Crippen molar-refractivity contribution < 1.29 is 10.2 Å². The topological polar surface area (TPSA) is 40.5 Å². The summed E-state index contributed by atoms with van der Waals surface area (Å²) in [6, 6.07) is 0. The molecule has 31 heavy (non-hydrogen) atoms. The molecule has 2 nitrogen and oxygen atoms in total. The van der Waals surface area contributed by atoms with Crippen LogP contribution < -0.4 is 0 Å². The zero-order valence-corrected chi connectivity index (χ0v) is 21.7. The van der Waals surface area contributed by atoms with E-state index in [9.17, 15) is 10.2 Å². The van der Waals surface area contributed by atoms with Crippen molar-refractivity contribution in [3.63, 3.8) is 0 Å². The molecule has 2 heteroatoms. The zero-order chi connectivity index (χ0) is 22.8. The van der Waals surface area contributed by atoms with Crippen LogP contribution in [-0.4, -0.2) is 21.9 Å². The Morgan fingerprint density at radius 2 is 1.52 bits per heavy atom. The lowest BCUT2D eigenvalue weighted by Gasteiger charge is -2.65. The molecule has 4 saturated carbocycles. The summed E-state index contributed by atoms with van der Waals surface area (Å²) < 4.78 is 0. The molecule has 0 heterocycles. The number of rotatable bonds is 5. The predicted octanol–water partition coefficient (Wildman–Crippen LogP) is 7.22. The highest BCUT2D eigenvalue weighted by molar-refractivity contribution is 5.14. The molecular weight excluding hydrogens is 380 g/mol. The smallest absolute Gasteiger partial charge is 0.0617 e. The van der Waals surface area contributed by atoms with E-state index in [1.807, 2.05) is 13.8 Å². The lowest BCUT2D eigenvalue weighted by Crippen LogP contribution is -2.58. The molecule has 0 saturated heterocycles. The molecule has 4 rings (SSSR count). The SMILES string of the molecule is C[C@H](CC[C@H](C)C(C)(C)O)[C@H]1CC[C@@]2(C)[C@@H]3CC[C@@H]4C[C@@H](O)CC[C@]4(C)[C@H]3CC[C@]12C. The van der Waals surface area contributed by atoms with Crippen LogP contribution in [0.15, 0.2) is 0 Å². The summed E-state index contributed by atoms with van der Waals surface area (Å²) in [7, 11) is 0. The van der Waals surface area contributed by atoms with Gasteiger partial charge >= 0.3 is 0 Å². The van der Waals surface area contributed by atoms with E-state index in [-0.39, 0.29) is 6.10 Å². The molecule has 0 aliphatic heterocycles. The second kappa shape index (κ2) is 8.00. The van der Waals surface area contributed by atoms with Gasteiger partial charge in [-0.15, -0.1) is 0 Å². The summed E-state index contributed by atoms with van der Waals surface area (Å²) in [5.74, 6) is 4.47. The third kappa shape index (κ3) is 3.74. The van der Waals surface area contributed by atoms with Gasteiger partial charge in [-0.25, -0.2) is 0 Å². The fraction of sp³-hybridized carbons (Fsp3) is 1.00. The maximum atomic E-state index is 10.4. The van der Waals surface area contributed by atoms with Crippen LogP contribution in [-0.2, 0) is 0 Å². The van der Waals surface area contributed by atoms with E-state index in [0.29, 0.717) is 22.2 Å². The van der Waals surface area contributed by atoms with Gasteiger partial charge in [0.25, 0.3) is 0 Å². The summed E-state index contributed by atoms with van der Waals surface area (Å²) in [4.78, 5) is 0. The van der Waals surface area contributed by atoms with Crippen LogP contribution >= 0.6 is 0 Å². The summed E-state index contributed by atoms with van der Waals surface area (Å²) >= 11 is 0. The standard InChI is InChI=1S/C29H52O2/c1-19(8-9-20(2)26(3,4)31)23-13-16-29(7)25-11-10-21-18-22(30)12-15-27(21,5)24(25)14-17-28(23,29)6/h19-25,30-31H,8-18H2,1-7H3/t19-,20+,21-,22+,23-,24+,25-,27+,28-,29+/m1/s1. The maximum absolute atomic E-state index is 10.4. The van der Waals surface area contributed by atoms with Gasteiger partial charge in [0.15, 0.2) is 0 Å². The molecule has 0 bridgehead atoms. The maximum Gasteiger partial charge on any atom is 0.0617 e. The van der Waals surface area contributed by atoms with Gasteiger partial charge in [0.05, 0.1) is 11.7 Å². The first-order valence-corrected chi connectivity index (χ1v) is 13.7. The van der Waals surface area contributed by atoms with Crippen molar-refractivity contribution in [2.75, 3.05) is 0 Å². The molecule has 0 aromatic carbocycles. The Labute approximate surface area is 193 Å². The molecule has 0 aromatic heterocycles. The first-order valence-electron chi connectivity index (χ1n) is 13.7. The fourth-order valence-corrected chi connectivity index (χ4v) is 9.67. The lowest BCUT2D eigenvalue weighted by atomic mass is 9.40. The van der Waals surface area contributed by atoms with Crippen molar-refractivity contribution in [2.45, 2.75) is 131 Å². The molecule has 0 spiro atoms. The van der Waals surface area contributed by atoms with Gasteiger partial charge in [0, 0.05) is 0 Å². The third-order valence-corrected chi connectivity index (χ3v) is 12.5. The van der Waals surface area contributed by atoms with Crippen LogP contribution in [0.2, 0.25) is 0 Å². The average Bonchev–Trinajstić information content (AvgIpc) is 2.97. The predicted molar refractivity (Wildman–Crippen MR) is 130 cm³/mol. The van der Waals surface area contributed by atoms with Crippen molar-refractivity contribution in [3.05, 3.63) is 0 Å². The van der Waals surface area contributed by atoms with Crippen LogP contribution in [0.4, 0.5) is 0 Å². The summed E-state index contributed by atoms with van der Waals surface area (Å²) in [6.07, 6.45) is 14.1.